The second-order valence-corrected chi connectivity index (χ2v) is 11.7. The van der Waals surface area contributed by atoms with Crippen molar-refractivity contribution in [1.82, 2.24) is 10.2 Å². The Kier molecular flexibility index (Phi) is 11.9. The van der Waals surface area contributed by atoms with Crippen molar-refractivity contribution >= 4 is 39.1 Å². The number of benzene rings is 2. The lowest BCUT2D eigenvalue weighted by atomic mass is 10.1. The first-order chi connectivity index (χ1) is 17.5. The van der Waals surface area contributed by atoms with Crippen molar-refractivity contribution in [3.8, 4) is 0 Å². The summed E-state index contributed by atoms with van der Waals surface area (Å²) < 4.78 is 26.4. The first-order valence-corrected chi connectivity index (χ1v) is 15.1. The molecule has 0 saturated heterocycles. The highest BCUT2D eigenvalue weighted by Gasteiger charge is 2.29. The summed E-state index contributed by atoms with van der Waals surface area (Å²) in [6.45, 7) is 8.73. The molecule has 0 aliphatic carbocycles. The van der Waals surface area contributed by atoms with Crippen molar-refractivity contribution in [2.45, 2.75) is 72.4 Å². The van der Waals surface area contributed by atoms with Crippen molar-refractivity contribution in [3.63, 3.8) is 0 Å². The molecule has 0 fully saturated rings. The minimum atomic E-state index is -3.59. The molecule has 0 unspecified atom stereocenters. The lowest BCUT2D eigenvalue weighted by Crippen LogP contribution is -2.49. The molecule has 2 rings (SSSR count). The van der Waals surface area contributed by atoms with Crippen molar-refractivity contribution in [1.29, 1.82) is 0 Å². The fourth-order valence-electron chi connectivity index (χ4n) is 4.16. The van der Waals surface area contributed by atoms with Gasteiger partial charge in [0.05, 0.1) is 11.9 Å². The van der Waals surface area contributed by atoms with Crippen LogP contribution in [0.5, 0.6) is 0 Å². The number of amides is 2. The van der Waals surface area contributed by atoms with Gasteiger partial charge in [0.2, 0.25) is 21.8 Å². The van der Waals surface area contributed by atoms with Crippen LogP contribution in [0.4, 0.5) is 5.69 Å². The van der Waals surface area contributed by atoms with E-state index in [4.69, 9.17) is 11.6 Å². The predicted octanol–water partition coefficient (Wildman–Crippen LogP) is 5.23. The highest BCUT2D eigenvalue weighted by molar-refractivity contribution is 7.92. The Morgan fingerprint density at radius 2 is 1.70 bits per heavy atom. The summed E-state index contributed by atoms with van der Waals surface area (Å²) >= 11 is 6.23. The summed E-state index contributed by atoms with van der Waals surface area (Å²) in [5.41, 5.74) is 3.21. The molecule has 0 heterocycles. The maximum Gasteiger partial charge on any atom is 0.242 e. The molecule has 0 saturated carbocycles. The van der Waals surface area contributed by atoms with Gasteiger partial charge in [0.15, 0.2) is 0 Å². The molecule has 0 radical (unpaired) electrons. The van der Waals surface area contributed by atoms with Crippen LogP contribution in [-0.2, 0) is 26.2 Å². The van der Waals surface area contributed by atoms with Gasteiger partial charge in [-0.25, -0.2) is 8.42 Å². The first kappa shape index (κ1) is 30.6. The molecule has 0 aromatic heterocycles. The summed E-state index contributed by atoms with van der Waals surface area (Å²) in [6, 6.07) is 12.4. The van der Waals surface area contributed by atoms with E-state index in [1.165, 1.54) is 4.31 Å². The average Bonchev–Trinajstić information content (AvgIpc) is 2.84. The Morgan fingerprint density at radius 1 is 1.03 bits per heavy atom. The quantitative estimate of drug-likeness (QED) is 0.327. The Balaban J connectivity index is 2.22. The highest BCUT2D eigenvalue weighted by Crippen LogP contribution is 2.28. The van der Waals surface area contributed by atoms with Gasteiger partial charge in [0.25, 0.3) is 0 Å². The Morgan fingerprint density at radius 3 is 2.30 bits per heavy atom. The lowest BCUT2D eigenvalue weighted by Gasteiger charge is -2.31. The number of halogens is 1. The van der Waals surface area contributed by atoms with E-state index in [9.17, 15) is 18.0 Å². The van der Waals surface area contributed by atoms with E-state index in [2.05, 4.69) is 12.2 Å². The van der Waals surface area contributed by atoms with Crippen molar-refractivity contribution in [2.75, 3.05) is 23.7 Å². The van der Waals surface area contributed by atoms with E-state index < -0.39 is 16.1 Å². The van der Waals surface area contributed by atoms with E-state index in [0.717, 1.165) is 30.2 Å². The maximum absolute atomic E-state index is 13.5. The standard InChI is InChI=1S/C28H40ClN3O4S/c1-6-8-18-30-28(34)25(7-2)31(20-23-16-14-21(3)15-17-23)27(33)13-10-19-32(37(5,35)36)26-12-9-11-24(29)22(26)4/h9,11-12,14-17,25H,6-8,10,13,18-20H2,1-5H3,(H,30,34)/t25-/m0/s1. The highest BCUT2D eigenvalue weighted by atomic mass is 35.5. The van der Waals surface area contributed by atoms with Crippen LogP contribution in [0.3, 0.4) is 0 Å². The number of carbonyl (C=O) groups excluding carboxylic acids is 2. The maximum atomic E-state index is 13.5. The number of rotatable bonds is 14. The minimum Gasteiger partial charge on any atom is -0.354 e. The number of carbonyl (C=O) groups is 2. The van der Waals surface area contributed by atoms with Crippen LogP contribution in [0, 0.1) is 13.8 Å². The lowest BCUT2D eigenvalue weighted by molar-refractivity contribution is -0.141. The van der Waals surface area contributed by atoms with Crippen molar-refractivity contribution < 1.29 is 18.0 Å². The molecule has 1 atom stereocenters. The van der Waals surface area contributed by atoms with Gasteiger partial charge in [-0.3, -0.25) is 13.9 Å². The van der Waals surface area contributed by atoms with Crippen LogP contribution in [0.25, 0.3) is 0 Å². The molecule has 2 amide bonds. The van der Waals surface area contributed by atoms with E-state index in [1.54, 1.807) is 30.0 Å². The van der Waals surface area contributed by atoms with E-state index in [0.29, 0.717) is 42.2 Å². The fourth-order valence-corrected chi connectivity index (χ4v) is 5.35. The van der Waals surface area contributed by atoms with Crippen molar-refractivity contribution in [3.05, 3.63) is 64.2 Å². The number of anilines is 1. The van der Waals surface area contributed by atoms with Gasteiger partial charge in [0.1, 0.15) is 6.04 Å². The second kappa shape index (κ2) is 14.4. The zero-order valence-electron chi connectivity index (χ0n) is 22.6. The van der Waals surface area contributed by atoms with E-state index >= 15 is 0 Å². The summed E-state index contributed by atoms with van der Waals surface area (Å²) in [4.78, 5) is 28.1. The molecule has 37 heavy (non-hydrogen) atoms. The van der Waals surface area contributed by atoms with Gasteiger partial charge in [-0.2, -0.15) is 0 Å². The molecule has 204 valence electrons. The number of aryl methyl sites for hydroxylation is 1. The molecule has 1 N–H and O–H groups in total. The zero-order chi connectivity index (χ0) is 27.6. The summed E-state index contributed by atoms with van der Waals surface area (Å²) in [6.07, 6.45) is 3.87. The summed E-state index contributed by atoms with van der Waals surface area (Å²) in [5, 5.41) is 3.44. The normalized spacial score (nSPS) is 12.2. The number of hydrogen-bond donors (Lipinski definition) is 1. The molecule has 9 heteroatoms. The van der Waals surface area contributed by atoms with E-state index in [-0.39, 0.29) is 24.8 Å². The molecular formula is C28H40ClN3O4S. The predicted molar refractivity (Wildman–Crippen MR) is 151 cm³/mol. The van der Waals surface area contributed by atoms with Crippen LogP contribution >= 0.6 is 11.6 Å². The van der Waals surface area contributed by atoms with Gasteiger partial charge in [0, 0.05) is 31.1 Å². The summed E-state index contributed by atoms with van der Waals surface area (Å²) in [7, 11) is -3.59. The second-order valence-electron chi connectivity index (χ2n) is 9.40. The molecule has 2 aromatic carbocycles. The Hall–Kier alpha value is -2.58. The third-order valence-corrected chi connectivity index (χ3v) is 7.94. The number of sulfonamides is 1. The largest absolute Gasteiger partial charge is 0.354 e. The Labute approximate surface area is 227 Å². The Bertz CT molecular complexity index is 1150. The molecule has 0 aliphatic rings. The van der Waals surface area contributed by atoms with Crippen LogP contribution < -0.4 is 9.62 Å². The molecule has 0 bridgehead atoms. The molecule has 0 aliphatic heterocycles. The zero-order valence-corrected chi connectivity index (χ0v) is 24.2. The smallest absolute Gasteiger partial charge is 0.242 e. The van der Waals surface area contributed by atoms with Gasteiger partial charge < -0.3 is 10.2 Å². The fraction of sp³-hybridized carbons (Fsp3) is 0.500. The number of nitrogens with zero attached hydrogens (tertiary/aromatic N) is 2. The van der Waals surface area contributed by atoms with Crippen LogP contribution in [-0.4, -0.2) is 50.5 Å². The number of hydrogen-bond acceptors (Lipinski definition) is 4. The average molecular weight is 550 g/mol. The number of nitrogens with one attached hydrogen (secondary N) is 1. The SMILES string of the molecule is CCCCNC(=O)[C@H](CC)N(Cc1ccc(C)cc1)C(=O)CCCN(c1cccc(Cl)c1C)S(C)(=O)=O. The van der Waals surface area contributed by atoms with Crippen molar-refractivity contribution in [2.24, 2.45) is 0 Å². The summed E-state index contributed by atoms with van der Waals surface area (Å²) in [5.74, 6) is -0.349. The monoisotopic (exact) mass is 549 g/mol. The third kappa shape index (κ3) is 9.04. The van der Waals surface area contributed by atoms with Gasteiger partial charge in [-0.1, -0.05) is 67.8 Å². The molecular weight excluding hydrogens is 510 g/mol. The first-order valence-electron chi connectivity index (χ1n) is 12.8. The van der Waals surface area contributed by atoms with E-state index in [1.807, 2.05) is 38.1 Å². The van der Waals surface area contributed by atoms with Crippen LogP contribution in [0.15, 0.2) is 42.5 Å². The molecule has 2 aromatic rings. The van der Waals surface area contributed by atoms with Gasteiger partial charge >= 0.3 is 0 Å². The molecule has 7 nitrogen and oxygen atoms in total. The third-order valence-electron chi connectivity index (χ3n) is 6.35. The minimum absolute atomic E-state index is 0.107. The molecule has 0 spiro atoms. The van der Waals surface area contributed by atoms with Gasteiger partial charge in [-0.05, 0) is 56.4 Å². The number of unbranched alkanes of at least 4 members (excludes halogenated alkanes) is 1. The van der Waals surface area contributed by atoms with Crippen LogP contribution in [0.2, 0.25) is 5.02 Å². The topological polar surface area (TPSA) is 86.8 Å². The van der Waals surface area contributed by atoms with Gasteiger partial charge in [-0.15, -0.1) is 0 Å². The van der Waals surface area contributed by atoms with Crippen LogP contribution in [0.1, 0.15) is 62.6 Å².